The highest BCUT2D eigenvalue weighted by Gasteiger charge is 2.23. The Labute approximate surface area is 99.7 Å². The molecule has 0 aliphatic heterocycles. The van der Waals surface area contributed by atoms with E-state index in [9.17, 15) is 13.9 Å². The summed E-state index contributed by atoms with van der Waals surface area (Å²) in [5.74, 6) is -1.22. The van der Waals surface area contributed by atoms with Gasteiger partial charge in [-0.05, 0) is 25.0 Å². The molecule has 1 saturated carbocycles. The van der Waals surface area contributed by atoms with E-state index in [1.54, 1.807) is 0 Å². The topological polar surface area (TPSA) is 32.3 Å². The first-order valence-corrected chi connectivity index (χ1v) is 6.07. The first kappa shape index (κ1) is 12.3. The van der Waals surface area contributed by atoms with Crippen molar-refractivity contribution in [2.75, 3.05) is 5.32 Å². The van der Waals surface area contributed by atoms with E-state index in [2.05, 4.69) is 5.32 Å². The van der Waals surface area contributed by atoms with Crippen LogP contribution >= 0.6 is 0 Å². The Balaban J connectivity index is 2.13. The standard InChI is InChI=1S/C13H17F2NO/c14-9-5-4-6-10(15)13(9)16-11-7-2-1-3-8-12(11)17/h4-6,11-12,16-17H,1-3,7-8H2. The molecule has 0 aromatic heterocycles. The second-order valence-corrected chi connectivity index (χ2v) is 4.55. The molecule has 1 aliphatic rings. The third-order valence-corrected chi connectivity index (χ3v) is 3.27. The number of halogens is 2. The highest BCUT2D eigenvalue weighted by atomic mass is 19.1. The van der Waals surface area contributed by atoms with Gasteiger partial charge in [-0.1, -0.05) is 25.3 Å². The number of para-hydroxylation sites is 1. The van der Waals surface area contributed by atoms with Gasteiger partial charge in [0.15, 0.2) is 0 Å². The van der Waals surface area contributed by atoms with Crippen LogP contribution < -0.4 is 5.32 Å². The molecule has 17 heavy (non-hydrogen) atoms. The Morgan fingerprint density at radius 1 is 1.06 bits per heavy atom. The van der Waals surface area contributed by atoms with Gasteiger partial charge in [-0.2, -0.15) is 0 Å². The van der Waals surface area contributed by atoms with Gasteiger partial charge in [0.2, 0.25) is 0 Å². The average Bonchev–Trinajstić information content (AvgIpc) is 2.49. The van der Waals surface area contributed by atoms with Gasteiger partial charge in [0.05, 0.1) is 12.1 Å². The molecule has 1 aliphatic carbocycles. The smallest absolute Gasteiger partial charge is 0.149 e. The van der Waals surface area contributed by atoms with E-state index in [4.69, 9.17) is 0 Å². The van der Waals surface area contributed by atoms with E-state index in [1.165, 1.54) is 18.2 Å². The van der Waals surface area contributed by atoms with Crippen LogP contribution in [0.25, 0.3) is 0 Å². The highest BCUT2D eigenvalue weighted by Crippen LogP contribution is 2.25. The van der Waals surface area contributed by atoms with Gasteiger partial charge >= 0.3 is 0 Å². The minimum absolute atomic E-state index is 0.126. The normalized spacial score (nSPS) is 25.4. The van der Waals surface area contributed by atoms with E-state index >= 15 is 0 Å². The number of hydrogen-bond donors (Lipinski definition) is 2. The van der Waals surface area contributed by atoms with E-state index in [0.29, 0.717) is 6.42 Å². The maximum absolute atomic E-state index is 13.4. The molecule has 2 N–H and O–H groups in total. The molecule has 0 radical (unpaired) electrons. The lowest BCUT2D eigenvalue weighted by atomic mass is 10.1. The predicted molar refractivity (Wildman–Crippen MR) is 62.9 cm³/mol. The molecule has 0 amide bonds. The lowest BCUT2D eigenvalue weighted by molar-refractivity contribution is 0.144. The minimum atomic E-state index is -0.610. The zero-order chi connectivity index (χ0) is 12.3. The third-order valence-electron chi connectivity index (χ3n) is 3.27. The van der Waals surface area contributed by atoms with Gasteiger partial charge in [-0.25, -0.2) is 8.78 Å². The van der Waals surface area contributed by atoms with Crippen molar-refractivity contribution < 1.29 is 13.9 Å². The van der Waals surface area contributed by atoms with Crippen molar-refractivity contribution in [1.82, 2.24) is 0 Å². The van der Waals surface area contributed by atoms with Crippen molar-refractivity contribution in [3.8, 4) is 0 Å². The van der Waals surface area contributed by atoms with Crippen molar-refractivity contribution in [1.29, 1.82) is 0 Å². The fraction of sp³-hybridized carbons (Fsp3) is 0.538. The Kier molecular flexibility index (Phi) is 3.94. The van der Waals surface area contributed by atoms with E-state index in [0.717, 1.165) is 25.7 Å². The van der Waals surface area contributed by atoms with Crippen LogP contribution in [0, 0.1) is 11.6 Å². The molecule has 0 spiro atoms. The van der Waals surface area contributed by atoms with Crippen molar-refractivity contribution in [2.24, 2.45) is 0 Å². The number of anilines is 1. The molecule has 0 bridgehead atoms. The van der Waals surface area contributed by atoms with Crippen LogP contribution in [-0.4, -0.2) is 17.3 Å². The summed E-state index contributed by atoms with van der Waals surface area (Å²) >= 11 is 0. The largest absolute Gasteiger partial charge is 0.391 e. The molecule has 0 heterocycles. The SMILES string of the molecule is OC1CCCCCC1Nc1c(F)cccc1F. The third kappa shape index (κ3) is 2.94. The second-order valence-electron chi connectivity index (χ2n) is 4.55. The molecule has 0 saturated heterocycles. The fourth-order valence-electron chi connectivity index (χ4n) is 2.28. The predicted octanol–water partition coefficient (Wildman–Crippen LogP) is 3.07. The van der Waals surface area contributed by atoms with Crippen LogP contribution in [0.4, 0.5) is 14.5 Å². The Hall–Kier alpha value is -1.16. The van der Waals surface area contributed by atoms with Gasteiger partial charge in [-0.15, -0.1) is 0 Å². The van der Waals surface area contributed by atoms with Crippen molar-refractivity contribution in [3.05, 3.63) is 29.8 Å². The maximum atomic E-state index is 13.4. The Morgan fingerprint density at radius 3 is 2.41 bits per heavy atom. The van der Waals surface area contributed by atoms with Gasteiger partial charge < -0.3 is 10.4 Å². The summed E-state index contributed by atoms with van der Waals surface area (Å²) in [6.45, 7) is 0. The summed E-state index contributed by atoms with van der Waals surface area (Å²) in [6.07, 6.45) is 3.91. The molecular formula is C13H17F2NO. The molecule has 2 atom stereocenters. The van der Waals surface area contributed by atoms with Crippen LogP contribution in [-0.2, 0) is 0 Å². The quantitative estimate of drug-likeness (QED) is 0.780. The fourth-order valence-corrected chi connectivity index (χ4v) is 2.28. The van der Waals surface area contributed by atoms with Crippen molar-refractivity contribution >= 4 is 5.69 Å². The monoisotopic (exact) mass is 241 g/mol. The molecule has 1 aromatic carbocycles. The second kappa shape index (κ2) is 5.45. The first-order chi connectivity index (χ1) is 8.18. The van der Waals surface area contributed by atoms with Gasteiger partial charge in [0.1, 0.15) is 17.3 Å². The summed E-state index contributed by atoms with van der Waals surface area (Å²) in [5.41, 5.74) is -0.126. The molecule has 4 heteroatoms. The molecule has 2 rings (SSSR count). The summed E-state index contributed by atoms with van der Waals surface area (Å²) in [6, 6.07) is 3.51. The lowest BCUT2D eigenvalue weighted by Crippen LogP contribution is -2.33. The van der Waals surface area contributed by atoms with Crippen LogP contribution in [0.1, 0.15) is 32.1 Å². The van der Waals surface area contributed by atoms with E-state index in [1.807, 2.05) is 0 Å². The number of benzene rings is 1. The lowest BCUT2D eigenvalue weighted by Gasteiger charge is -2.23. The molecular weight excluding hydrogens is 224 g/mol. The molecule has 1 aromatic rings. The number of nitrogens with one attached hydrogen (secondary N) is 1. The average molecular weight is 241 g/mol. The van der Waals surface area contributed by atoms with Crippen LogP contribution in [0.2, 0.25) is 0 Å². The zero-order valence-electron chi connectivity index (χ0n) is 9.63. The van der Waals surface area contributed by atoms with Crippen molar-refractivity contribution in [3.63, 3.8) is 0 Å². The minimum Gasteiger partial charge on any atom is -0.391 e. The highest BCUT2D eigenvalue weighted by molar-refractivity contribution is 5.47. The van der Waals surface area contributed by atoms with E-state index in [-0.39, 0.29) is 11.7 Å². The Bertz CT molecular complexity index is 363. The van der Waals surface area contributed by atoms with Crippen LogP contribution in [0.3, 0.4) is 0 Å². The summed E-state index contributed by atoms with van der Waals surface area (Å²) in [4.78, 5) is 0. The van der Waals surface area contributed by atoms with Crippen LogP contribution in [0.15, 0.2) is 18.2 Å². The maximum Gasteiger partial charge on any atom is 0.149 e. The molecule has 2 nitrogen and oxygen atoms in total. The summed E-state index contributed by atoms with van der Waals surface area (Å²) in [5, 5.41) is 12.7. The van der Waals surface area contributed by atoms with Crippen LogP contribution in [0.5, 0.6) is 0 Å². The summed E-state index contributed by atoms with van der Waals surface area (Å²) in [7, 11) is 0. The number of rotatable bonds is 2. The zero-order valence-corrected chi connectivity index (χ0v) is 9.63. The molecule has 94 valence electrons. The number of hydrogen-bond acceptors (Lipinski definition) is 2. The number of aliphatic hydroxyl groups excluding tert-OH is 1. The van der Waals surface area contributed by atoms with E-state index < -0.39 is 17.7 Å². The number of aliphatic hydroxyl groups is 1. The molecule has 1 fully saturated rings. The summed E-state index contributed by atoms with van der Waals surface area (Å²) < 4.78 is 26.9. The van der Waals surface area contributed by atoms with Gasteiger partial charge in [-0.3, -0.25) is 0 Å². The molecule has 2 unspecified atom stereocenters. The van der Waals surface area contributed by atoms with Gasteiger partial charge in [0, 0.05) is 0 Å². The van der Waals surface area contributed by atoms with Crippen molar-refractivity contribution in [2.45, 2.75) is 44.2 Å². The first-order valence-electron chi connectivity index (χ1n) is 6.07. The van der Waals surface area contributed by atoms with Gasteiger partial charge in [0.25, 0.3) is 0 Å². The Morgan fingerprint density at radius 2 is 1.71 bits per heavy atom.